The highest BCUT2D eigenvalue weighted by atomic mass is 16.6. The van der Waals surface area contributed by atoms with Crippen LogP contribution in [0, 0.1) is 5.92 Å². The van der Waals surface area contributed by atoms with Crippen molar-refractivity contribution < 1.29 is 33.8 Å². The first-order valence-electron chi connectivity index (χ1n) is 17.1. The second kappa shape index (κ2) is 18.5. The zero-order chi connectivity index (χ0) is 36.1. The molecular formula is C38H57N3O7. The third-order valence-corrected chi connectivity index (χ3v) is 7.29. The number of aromatic hydroxyl groups is 1. The van der Waals surface area contributed by atoms with Crippen LogP contribution in [0.3, 0.4) is 0 Å². The minimum atomic E-state index is -1.18. The van der Waals surface area contributed by atoms with E-state index in [0.29, 0.717) is 18.4 Å². The van der Waals surface area contributed by atoms with Crippen molar-refractivity contribution in [2.75, 3.05) is 6.54 Å². The molecule has 0 saturated carbocycles. The molecule has 0 aliphatic rings. The quantitative estimate of drug-likeness (QED) is 0.132. The summed E-state index contributed by atoms with van der Waals surface area (Å²) in [6, 6.07) is 12.2. The molecule has 0 heterocycles. The van der Waals surface area contributed by atoms with Gasteiger partial charge in [0.25, 0.3) is 0 Å². The van der Waals surface area contributed by atoms with Gasteiger partial charge in [-0.25, -0.2) is 9.59 Å². The summed E-state index contributed by atoms with van der Waals surface area (Å²) >= 11 is 0. The maximum absolute atomic E-state index is 14.6. The lowest BCUT2D eigenvalue weighted by molar-refractivity contribution is -0.159. The number of phenols is 1. The monoisotopic (exact) mass is 667 g/mol. The average molecular weight is 668 g/mol. The molecule has 10 nitrogen and oxygen atoms in total. The molecule has 0 spiro atoms. The van der Waals surface area contributed by atoms with Gasteiger partial charge in [-0.1, -0.05) is 82.5 Å². The van der Waals surface area contributed by atoms with E-state index < -0.39 is 53.2 Å². The van der Waals surface area contributed by atoms with Crippen LogP contribution in [0.2, 0.25) is 0 Å². The topological polar surface area (TPSA) is 134 Å². The summed E-state index contributed by atoms with van der Waals surface area (Å²) in [4.78, 5) is 57.0. The van der Waals surface area contributed by atoms with Gasteiger partial charge in [-0.05, 0) is 83.6 Å². The average Bonchev–Trinajstić information content (AvgIpc) is 2.97. The van der Waals surface area contributed by atoms with Crippen molar-refractivity contribution in [2.24, 2.45) is 5.92 Å². The van der Waals surface area contributed by atoms with Crippen LogP contribution >= 0.6 is 0 Å². The Bertz CT molecular complexity index is 1310. The Morgan fingerprint density at radius 3 is 1.94 bits per heavy atom. The van der Waals surface area contributed by atoms with Crippen LogP contribution in [-0.4, -0.2) is 63.7 Å². The van der Waals surface area contributed by atoms with Crippen LogP contribution < -0.4 is 10.6 Å². The van der Waals surface area contributed by atoms with Crippen molar-refractivity contribution in [1.82, 2.24) is 15.5 Å². The van der Waals surface area contributed by atoms with E-state index in [4.69, 9.17) is 9.47 Å². The Morgan fingerprint density at radius 1 is 0.792 bits per heavy atom. The molecule has 0 aliphatic carbocycles. The fourth-order valence-corrected chi connectivity index (χ4v) is 5.21. The van der Waals surface area contributed by atoms with E-state index in [1.165, 1.54) is 17.0 Å². The highest BCUT2D eigenvalue weighted by molar-refractivity contribution is 5.94. The van der Waals surface area contributed by atoms with Gasteiger partial charge in [0.05, 0.1) is 0 Å². The number of unbranched alkanes of at least 4 members (excludes halogenated alkanes) is 3. The summed E-state index contributed by atoms with van der Waals surface area (Å²) < 4.78 is 11.2. The molecule has 2 rings (SSSR count). The first kappa shape index (κ1) is 40.1. The number of phenolic OH excluding ortho intramolecular Hbond substituents is 1. The summed E-state index contributed by atoms with van der Waals surface area (Å²) in [6.07, 6.45) is 3.11. The van der Waals surface area contributed by atoms with Crippen LogP contribution in [-0.2, 0) is 30.3 Å². The molecule has 10 heteroatoms. The van der Waals surface area contributed by atoms with Crippen LogP contribution in [0.4, 0.5) is 4.79 Å². The molecule has 3 N–H and O–H groups in total. The second-order valence-corrected chi connectivity index (χ2v) is 14.7. The van der Waals surface area contributed by atoms with Crippen molar-refractivity contribution in [1.29, 1.82) is 0 Å². The van der Waals surface area contributed by atoms with Gasteiger partial charge in [0.2, 0.25) is 11.8 Å². The van der Waals surface area contributed by atoms with Gasteiger partial charge in [0, 0.05) is 13.0 Å². The molecule has 3 atom stereocenters. The number of carbonyl (C=O) groups excluding carboxylic acids is 4. The number of alkyl carbamates (subject to hydrolysis) is 1. The molecule has 3 amide bonds. The molecule has 2 aromatic rings. The number of hydrogen-bond donors (Lipinski definition) is 3. The number of rotatable bonds is 16. The van der Waals surface area contributed by atoms with E-state index in [2.05, 4.69) is 17.6 Å². The number of benzene rings is 2. The first-order chi connectivity index (χ1) is 22.4. The molecular weight excluding hydrogens is 610 g/mol. The smallest absolute Gasteiger partial charge is 0.408 e. The number of esters is 1. The largest absolute Gasteiger partial charge is 0.508 e. The van der Waals surface area contributed by atoms with Gasteiger partial charge in [-0.3, -0.25) is 9.59 Å². The summed E-state index contributed by atoms with van der Waals surface area (Å²) in [5.41, 5.74) is -0.316. The van der Waals surface area contributed by atoms with Crippen LogP contribution in [0.5, 0.6) is 5.75 Å². The highest BCUT2D eigenvalue weighted by Gasteiger charge is 2.38. The van der Waals surface area contributed by atoms with Crippen LogP contribution in [0.1, 0.15) is 112 Å². The fraction of sp³-hybridized carbons (Fsp3) is 0.579. The second-order valence-electron chi connectivity index (χ2n) is 14.7. The SMILES string of the molecule is CCCCCCN(C(=O)C(CC(C)C)NC(=O)OC(C)(C)C)C(C(=O)NC(Cc1ccccc1)C(=O)OC(C)(C)C)c1ccc(O)cc1. The Morgan fingerprint density at radius 2 is 1.40 bits per heavy atom. The van der Waals surface area contributed by atoms with Crippen LogP contribution in [0.25, 0.3) is 0 Å². The van der Waals surface area contributed by atoms with E-state index in [9.17, 15) is 24.3 Å². The fourth-order valence-electron chi connectivity index (χ4n) is 5.21. The summed E-state index contributed by atoms with van der Waals surface area (Å²) in [5.74, 6) is -1.61. The molecule has 0 bridgehead atoms. The zero-order valence-corrected chi connectivity index (χ0v) is 30.3. The molecule has 48 heavy (non-hydrogen) atoms. The van der Waals surface area contributed by atoms with Gasteiger partial charge in [0.1, 0.15) is 35.1 Å². The van der Waals surface area contributed by atoms with E-state index in [1.54, 1.807) is 53.7 Å². The maximum atomic E-state index is 14.6. The van der Waals surface area contributed by atoms with Crippen molar-refractivity contribution >= 4 is 23.9 Å². The zero-order valence-electron chi connectivity index (χ0n) is 30.3. The predicted molar refractivity (Wildman–Crippen MR) is 187 cm³/mol. The number of amides is 3. The lowest BCUT2D eigenvalue weighted by atomic mass is 9.98. The maximum Gasteiger partial charge on any atom is 0.408 e. The van der Waals surface area contributed by atoms with Gasteiger partial charge < -0.3 is 30.1 Å². The number of hydrogen-bond acceptors (Lipinski definition) is 7. The highest BCUT2D eigenvalue weighted by Crippen LogP contribution is 2.27. The van der Waals surface area contributed by atoms with E-state index >= 15 is 0 Å². The molecule has 0 saturated heterocycles. The first-order valence-corrected chi connectivity index (χ1v) is 17.1. The lowest BCUT2D eigenvalue weighted by Gasteiger charge is -2.36. The minimum Gasteiger partial charge on any atom is -0.508 e. The van der Waals surface area contributed by atoms with Gasteiger partial charge in [0.15, 0.2) is 0 Å². The van der Waals surface area contributed by atoms with E-state index in [-0.39, 0.29) is 24.6 Å². The number of nitrogens with one attached hydrogen (secondary N) is 2. The summed E-state index contributed by atoms with van der Waals surface area (Å²) in [6.45, 7) is 16.7. The molecule has 2 aromatic carbocycles. The van der Waals surface area contributed by atoms with E-state index in [0.717, 1.165) is 24.8 Å². The van der Waals surface area contributed by atoms with Crippen molar-refractivity contribution in [3.05, 3.63) is 65.7 Å². The molecule has 3 unspecified atom stereocenters. The third kappa shape index (κ3) is 14.4. The van der Waals surface area contributed by atoms with Crippen molar-refractivity contribution in [3.8, 4) is 5.75 Å². The van der Waals surface area contributed by atoms with Crippen molar-refractivity contribution in [3.63, 3.8) is 0 Å². The van der Waals surface area contributed by atoms with Crippen LogP contribution in [0.15, 0.2) is 54.6 Å². The normalized spacial score (nSPS) is 13.6. The van der Waals surface area contributed by atoms with Gasteiger partial charge in [-0.2, -0.15) is 0 Å². The Balaban J connectivity index is 2.62. The third-order valence-electron chi connectivity index (χ3n) is 7.29. The van der Waals surface area contributed by atoms with Gasteiger partial charge in [-0.15, -0.1) is 0 Å². The van der Waals surface area contributed by atoms with E-state index in [1.807, 2.05) is 44.2 Å². The Kier molecular flexibility index (Phi) is 15.4. The standard InChI is InChI=1S/C38H57N3O7/c1-10-11-12-16-23-41(34(44)30(24-26(2)3)40-36(46)48-38(7,8)9)32(28-19-21-29(42)22-20-28)33(43)39-31(35(45)47-37(4,5)6)25-27-17-14-13-15-18-27/h13-15,17-22,26,30-32,42H,10-12,16,23-25H2,1-9H3,(H,39,43)(H,40,46). The lowest BCUT2D eigenvalue weighted by Crippen LogP contribution is -2.55. The minimum absolute atomic E-state index is 0.00119. The number of nitrogens with zero attached hydrogens (tertiary/aromatic N) is 1. The summed E-state index contributed by atoms with van der Waals surface area (Å²) in [5, 5.41) is 15.8. The predicted octanol–water partition coefficient (Wildman–Crippen LogP) is 6.85. The van der Waals surface area contributed by atoms with Crippen molar-refractivity contribution in [2.45, 2.75) is 130 Å². The molecule has 0 aliphatic heterocycles. The Hall–Kier alpha value is -4.08. The molecule has 0 radical (unpaired) electrons. The number of ether oxygens (including phenoxy) is 2. The Labute approximate surface area is 287 Å². The molecule has 0 aromatic heterocycles. The van der Waals surface area contributed by atoms with Gasteiger partial charge >= 0.3 is 12.1 Å². The summed E-state index contributed by atoms with van der Waals surface area (Å²) in [7, 11) is 0. The molecule has 266 valence electrons. The number of carbonyl (C=O) groups is 4. The molecule has 0 fully saturated rings.